The van der Waals surface area contributed by atoms with Crippen molar-refractivity contribution in [2.24, 2.45) is 4.99 Å². The molecule has 5 heteroatoms. The molecule has 144 valence electrons. The fourth-order valence-electron chi connectivity index (χ4n) is 3.78. The van der Waals surface area contributed by atoms with Crippen LogP contribution in [0, 0.1) is 5.82 Å². The third kappa shape index (κ3) is 4.34. The van der Waals surface area contributed by atoms with Gasteiger partial charge in [0.2, 0.25) is 0 Å². The summed E-state index contributed by atoms with van der Waals surface area (Å²) in [7, 11) is 0. The molecule has 0 saturated heterocycles. The molecule has 3 nitrogen and oxygen atoms in total. The molecule has 0 atom stereocenters. The predicted molar refractivity (Wildman–Crippen MR) is 116 cm³/mol. The summed E-state index contributed by atoms with van der Waals surface area (Å²) in [5.41, 5.74) is 3.10. The molecule has 1 heterocycles. The minimum absolute atomic E-state index is 0.107. The van der Waals surface area contributed by atoms with Gasteiger partial charge in [-0.15, -0.1) is 0 Å². The summed E-state index contributed by atoms with van der Waals surface area (Å²) in [4.78, 5) is 4.90. The lowest BCUT2D eigenvalue weighted by Crippen LogP contribution is -2.53. The second kappa shape index (κ2) is 8.87. The molecule has 2 aromatic carbocycles. The molecule has 1 aliphatic carbocycles. The SMILES string of the molecule is CC.Fc1ccc(CN=C2Nc3ccccc3NC23CCCCC3)cc1Br. The quantitative estimate of drug-likeness (QED) is 0.551. The number of amidine groups is 1. The number of aliphatic imine (C=N–C) groups is 1. The van der Waals surface area contributed by atoms with Gasteiger partial charge in [-0.05, 0) is 58.6 Å². The summed E-state index contributed by atoms with van der Waals surface area (Å²) < 4.78 is 13.9. The first kappa shape index (κ1) is 19.9. The second-order valence-electron chi connectivity index (χ2n) is 6.85. The maximum Gasteiger partial charge on any atom is 0.137 e. The van der Waals surface area contributed by atoms with E-state index < -0.39 is 0 Å². The summed E-state index contributed by atoms with van der Waals surface area (Å²) in [6, 6.07) is 13.4. The molecule has 1 aliphatic heterocycles. The lowest BCUT2D eigenvalue weighted by Gasteiger charge is -2.44. The smallest absolute Gasteiger partial charge is 0.137 e. The Morgan fingerprint density at radius 2 is 1.74 bits per heavy atom. The molecule has 4 rings (SSSR count). The largest absolute Gasteiger partial charge is 0.371 e. The van der Waals surface area contributed by atoms with E-state index in [0.717, 1.165) is 35.6 Å². The van der Waals surface area contributed by atoms with E-state index in [0.29, 0.717) is 11.0 Å². The highest BCUT2D eigenvalue weighted by Gasteiger charge is 2.40. The average Bonchev–Trinajstić information content (AvgIpc) is 2.71. The van der Waals surface area contributed by atoms with Crippen molar-refractivity contribution in [3.8, 4) is 0 Å². The summed E-state index contributed by atoms with van der Waals surface area (Å²) >= 11 is 3.25. The van der Waals surface area contributed by atoms with Crippen molar-refractivity contribution >= 4 is 33.1 Å². The van der Waals surface area contributed by atoms with Gasteiger partial charge in [0.25, 0.3) is 0 Å². The van der Waals surface area contributed by atoms with E-state index in [2.05, 4.69) is 44.8 Å². The number of para-hydroxylation sites is 2. The number of halogens is 2. The molecule has 1 fully saturated rings. The molecule has 0 unspecified atom stereocenters. The van der Waals surface area contributed by atoms with E-state index in [1.54, 1.807) is 12.1 Å². The third-order valence-corrected chi connectivity index (χ3v) is 5.73. The van der Waals surface area contributed by atoms with Gasteiger partial charge in [-0.25, -0.2) is 4.39 Å². The minimum Gasteiger partial charge on any atom is -0.371 e. The van der Waals surface area contributed by atoms with Crippen molar-refractivity contribution in [3.05, 3.63) is 58.3 Å². The van der Waals surface area contributed by atoms with Gasteiger partial charge in [0.15, 0.2) is 0 Å². The van der Waals surface area contributed by atoms with Crippen LogP contribution in [0.25, 0.3) is 0 Å². The van der Waals surface area contributed by atoms with Crippen LogP contribution in [0.5, 0.6) is 0 Å². The van der Waals surface area contributed by atoms with Gasteiger partial charge in [-0.2, -0.15) is 0 Å². The summed E-state index contributed by atoms with van der Waals surface area (Å²) in [6.45, 7) is 4.53. The first-order valence-corrected chi connectivity index (χ1v) is 10.6. The number of benzene rings is 2. The molecular weight excluding hydrogens is 405 g/mol. The number of fused-ring (bicyclic) bond motifs is 1. The molecule has 27 heavy (non-hydrogen) atoms. The highest BCUT2D eigenvalue weighted by Crippen LogP contribution is 2.39. The summed E-state index contributed by atoms with van der Waals surface area (Å²) in [5.74, 6) is 0.762. The third-order valence-electron chi connectivity index (χ3n) is 5.12. The number of nitrogens with zero attached hydrogens (tertiary/aromatic N) is 1. The van der Waals surface area contributed by atoms with Crippen LogP contribution >= 0.6 is 15.9 Å². The predicted octanol–water partition coefficient (Wildman–Crippen LogP) is 6.75. The van der Waals surface area contributed by atoms with Crippen LogP contribution in [0.3, 0.4) is 0 Å². The molecule has 2 aliphatic rings. The number of rotatable bonds is 2. The van der Waals surface area contributed by atoms with Crippen LogP contribution in [-0.4, -0.2) is 11.4 Å². The summed E-state index contributed by atoms with van der Waals surface area (Å²) in [5, 5.41) is 7.31. The fourth-order valence-corrected chi connectivity index (χ4v) is 4.21. The normalized spacial score (nSPS) is 18.7. The van der Waals surface area contributed by atoms with Crippen molar-refractivity contribution in [2.45, 2.75) is 58.0 Å². The van der Waals surface area contributed by atoms with E-state index >= 15 is 0 Å². The zero-order valence-corrected chi connectivity index (χ0v) is 17.6. The second-order valence-corrected chi connectivity index (χ2v) is 7.71. The Hall–Kier alpha value is -1.88. The number of nitrogens with one attached hydrogen (secondary N) is 2. The van der Waals surface area contributed by atoms with Gasteiger partial charge in [0.1, 0.15) is 11.7 Å². The van der Waals surface area contributed by atoms with Crippen molar-refractivity contribution in [1.82, 2.24) is 0 Å². The van der Waals surface area contributed by atoms with Gasteiger partial charge in [0.05, 0.1) is 27.9 Å². The zero-order valence-electron chi connectivity index (χ0n) is 16.0. The van der Waals surface area contributed by atoms with Crippen molar-refractivity contribution in [3.63, 3.8) is 0 Å². The molecular formula is C22H27BrFN3. The number of hydrogen-bond donors (Lipinski definition) is 2. The molecule has 2 aromatic rings. The van der Waals surface area contributed by atoms with E-state index in [4.69, 9.17) is 4.99 Å². The van der Waals surface area contributed by atoms with Crippen LogP contribution in [0.4, 0.5) is 15.8 Å². The van der Waals surface area contributed by atoms with E-state index in [1.807, 2.05) is 19.9 Å². The van der Waals surface area contributed by atoms with Gasteiger partial charge in [-0.3, -0.25) is 4.99 Å². The van der Waals surface area contributed by atoms with Gasteiger partial charge in [0, 0.05) is 0 Å². The van der Waals surface area contributed by atoms with Crippen LogP contribution in [-0.2, 0) is 6.54 Å². The Morgan fingerprint density at radius 1 is 1.04 bits per heavy atom. The minimum atomic E-state index is -0.244. The Kier molecular flexibility index (Phi) is 6.53. The van der Waals surface area contributed by atoms with Crippen LogP contribution in [0.1, 0.15) is 51.5 Å². The van der Waals surface area contributed by atoms with Crippen molar-refractivity contribution < 1.29 is 4.39 Å². The standard InChI is InChI=1S/C20H21BrFN3.C2H6/c21-15-12-14(8-9-16(15)22)13-23-19-20(10-4-1-5-11-20)25-18-7-3-2-6-17(18)24-19;1-2/h2-3,6-9,12,25H,1,4-5,10-11,13H2,(H,23,24);1-2H3. The van der Waals surface area contributed by atoms with Gasteiger partial charge >= 0.3 is 0 Å². The van der Waals surface area contributed by atoms with Gasteiger partial charge < -0.3 is 10.6 Å². The lowest BCUT2D eigenvalue weighted by atomic mass is 9.79. The molecule has 1 saturated carbocycles. The van der Waals surface area contributed by atoms with Crippen molar-refractivity contribution in [2.75, 3.05) is 10.6 Å². The number of anilines is 2. The Labute approximate surface area is 169 Å². The molecule has 2 N–H and O–H groups in total. The zero-order chi connectivity index (χ0) is 19.3. The Bertz CT molecular complexity index is 813. The lowest BCUT2D eigenvalue weighted by molar-refractivity contribution is 0.403. The van der Waals surface area contributed by atoms with Gasteiger partial charge in [-0.1, -0.05) is 51.3 Å². The van der Waals surface area contributed by atoms with E-state index in [9.17, 15) is 4.39 Å². The topological polar surface area (TPSA) is 36.4 Å². The van der Waals surface area contributed by atoms with Crippen LogP contribution in [0.2, 0.25) is 0 Å². The maximum absolute atomic E-state index is 13.4. The molecule has 0 radical (unpaired) electrons. The number of hydrogen-bond acceptors (Lipinski definition) is 2. The molecule has 0 bridgehead atoms. The highest BCUT2D eigenvalue weighted by atomic mass is 79.9. The first-order valence-electron chi connectivity index (χ1n) is 9.79. The Morgan fingerprint density at radius 3 is 2.44 bits per heavy atom. The van der Waals surface area contributed by atoms with Crippen molar-refractivity contribution in [1.29, 1.82) is 0 Å². The van der Waals surface area contributed by atoms with Crippen LogP contribution in [0.15, 0.2) is 51.9 Å². The molecule has 0 aromatic heterocycles. The fraction of sp³-hybridized carbons (Fsp3) is 0.409. The van der Waals surface area contributed by atoms with E-state index in [-0.39, 0.29) is 11.4 Å². The molecule has 0 amide bonds. The van der Waals surface area contributed by atoms with Crippen LogP contribution < -0.4 is 10.6 Å². The Balaban J connectivity index is 0.00000102. The van der Waals surface area contributed by atoms with E-state index in [1.165, 1.54) is 25.3 Å². The average molecular weight is 432 g/mol. The monoisotopic (exact) mass is 431 g/mol. The summed E-state index contributed by atoms with van der Waals surface area (Å²) in [6.07, 6.45) is 5.86. The first-order chi connectivity index (χ1) is 13.2. The molecule has 1 spiro atoms. The highest BCUT2D eigenvalue weighted by molar-refractivity contribution is 9.10. The maximum atomic E-state index is 13.4.